The number of nitrogens with zero attached hydrogens (tertiary/aromatic N) is 2. The number of piperidine rings is 1. The number of amides is 1. The maximum Gasteiger partial charge on any atom is 0.258 e. The molecule has 1 aromatic heterocycles. The number of anilines is 1. The Kier molecular flexibility index (Phi) is 5.98. The molecule has 2 aliphatic rings. The number of hydrogen-bond donors (Lipinski definition) is 1. The molecular formula is C26H27N3O5S. The van der Waals surface area contributed by atoms with Crippen LogP contribution < -0.4 is 15.6 Å². The lowest BCUT2D eigenvalue weighted by Crippen LogP contribution is -2.49. The van der Waals surface area contributed by atoms with E-state index in [9.17, 15) is 18.0 Å². The molecule has 35 heavy (non-hydrogen) atoms. The first-order chi connectivity index (χ1) is 16.8. The summed E-state index contributed by atoms with van der Waals surface area (Å²) in [6.07, 6.45) is 0.860. The van der Waals surface area contributed by atoms with Gasteiger partial charge in [0.25, 0.3) is 5.56 Å². The highest BCUT2D eigenvalue weighted by Gasteiger charge is 2.39. The zero-order valence-electron chi connectivity index (χ0n) is 19.6. The van der Waals surface area contributed by atoms with E-state index >= 15 is 0 Å². The Balaban J connectivity index is 1.42. The van der Waals surface area contributed by atoms with Gasteiger partial charge in [-0.05, 0) is 66.4 Å². The maximum absolute atomic E-state index is 13.4. The minimum absolute atomic E-state index is 0.0422. The lowest BCUT2D eigenvalue weighted by molar-refractivity contribution is -0.114. The van der Waals surface area contributed by atoms with Crippen LogP contribution in [0, 0.1) is 5.92 Å². The van der Waals surface area contributed by atoms with E-state index in [1.807, 2.05) is 28.8 Å². The molecule has 0 radical (unpaired) electrons. The van der Waals surface area contributed by atoms with Crippen LogP contribution in [0.15, 0.2) is 70.4 Å². The smallest absolute Gasteiger partial charge is 0.258 e. The van der Waals surface area contributed by atoms with Crippen molar-refractivity contribution >= 4 is 21.6 Å². The molecule has 0 aliphatic carbocycles. The van der Waals surface area contributed by atoms with Crippen LogP contribution in [0.2, 0.25) is 0 Å². The summed E-state index contributed by atoms with van der Waals surface area (Å²) in [5.74, 6) is 0.471. The first-order valence-corrected chi connectivity index (χ1v) is 13.0. The van der Waals surface area contributed by atoms with Gasteiger partial charge in [-0.15, -0.1) is 0 Å². The van der Waals surface area contributed by atoms with Crippen molar-refractivity contribution in [2.45, 2.75) is 30.7 Å². The highest BCUT2D eigenvalue weighted by atomic mass is 32.2. The molecule has 9 heteroatoms. The second-order valence-electron chi connectivity index (χ2n) is 9.14. The second-order valence-corrected chi connectivity index (χ2v) is 11.1. The third-order valence-electron chi connectivity index (χ3n) is 6.78. The Bertz CT molecular complexity index is 1430. The summed E-state index contributed by atoms with van der Waals surface area (Å²) in [5, 5.41) is 2.73. The van der Waals surface area contributed by atoms with Crippen LogP contribution in [0.4, 0.5) is 5.69 Å². The molecule has 2 aromatic carbocycles. The van der Waals surface area contributed by atoms with Crippen LogP contribution in [0.5, 0.6) is 5.75 Å². The van der Waals surface area contributed by atoms with E-state index in [1.54, 1.807) is 47.8 Å². The molecule has 2 bridgehead atoms. The number of nitrogens with one attached hydrogen (secondary N) is 1. The van der Waals surface area contributed by atoms with E-state index in [-0.39, 0.29) is 28.2 Å². The van der Waals surface area contributed by atoms with Crippen LogP contribution >= 0.6 is 0 Å². The first-order valence-electron chi connectivity index (χ1n) is 11.5. The predicted molar refractivity (Wildman–Crippen MR) is 133 cm³/mol. The number of rotatable bonds is 5. The van der Waals surface area contributed by atoms with Crippen molar-refractivity contribution in [2.24, 2.45) is 5.92 Å². The average molecular weight is 494 g/mol. The predicted octanol–water partition coefficient (Wildman–Crippen LogP) is 3.29. The summed E-state index contributed by atoms with van der Waals surface area (Å²) in [6, 6.07) is 17.4. The Labute approximate surface area is 204 Å². The number of fused-ring (bicyclic) bond motifs is 4. The maximum atomic E-state index is 13.4. The van der Waals surface area contributed by atoms with Gasteiger partial charge >= 0.3 is 0 Å². The van der Waals surface area contributed by atoms with Gasteiger partial charge in [-0.25, -0.2) is 8.42 Å². The van der Waals surface area contributed by atoms with Gasteiger partial charge < -0.3 is 14.6 Å². The number of hydrogen-bond acceptors (Lipinski definition) is 5. The molecule has 1 saturated heterocycles. The van der Waals surface area contributed by atoms with E-state index in [2.05, 4.69) is 5.32 Å². The van der Waals surface area contributed by atoms with Crippen LogP contribution in [0.25, 0.3) is 11.1 Å². The Morgan fingerprint density at radius 2 is 1.69 bits per heavy atom. The van der Waals surface area contributed by atoms with Gasteiger partial charge in [-0.3, -0.25) is 9.59 Å². The normalized spacial score (nSPS) is 19.6. The lowest BCUT2D eigenvalue weighted by Gasteiger charge is -2.42. The van der Waals surface area contributed by atoms with Crippen molar-refractivity contribution in [1.29, 1.82) is 0 Å². The third-order valence-corrected chi connectivity index (χ3v) is 8.63. The summed E-state index contributed by atoms with van der Waals surface area (Å²) in [7, 11) is -2.10. The van der Waals surface area contributed by atoms with E-state index in [0.717, 1.165) is 17.7 Å². The van der Waals surface area contributed by atoms with Gasteiger partial charge in [-0.1, -0.05) is 12.1 Å². The molecule has 1 fully saturated rings. The summed E-state index contributed by atoms with van der Waals surface area (Å²) in [5.41, 5.74) is 2.84. The summed E-state index contributed by atoms with van der Waals surface area (Å²) in [4.78, 5) is 24.9. The highest BCUT2D eigenvalue weighted by molar-refractivity contribution is 7.89. The second kappa shape index (κ2) is 8.98. The summed E-state index contributed by atoms with van der Waals surface area (Å²) >= 11 is 0. The minimum Gasteiger partial charge on any atom is -0.497 e. The van der Waals surface area contributed by atoms with Gasteiger partial charge in [0.2, 0.25) is 15.9 Å². The topological polar surface area (TPSA) is 97.7 Å². The Morgan fingerprint density at radius 3 is 2.34 bits per heavy atom. The van der Waals surface area contributed by atoms with Gasteiger partial charge in [-0.2, -0.15) is 4.31 Å². The van der Waals surface area contributed by atoms with Crippen LogP contribution in [0.3, 0.4) is 0 Å². The lowest BCUT2D eigenvalue weighted by atomic mass is 9.84. The first kappa shape index (κ1) is 23.3. The fraction of sp³-hybridized carbons (Fsp3) is 0.308. The molecule has 182 valence electrons. The Morgan fingerprint density at radius 1 is 0.971 bits per heavy atom. The summed E-state index contributed by atoms with van der Waals surface area (Å²) < 4.78 is 35.1. The van der Waals surface area contributed by atoms with Crippen molar-refractivity contribution in [3.63, 3.8) is 0 Å². The average Bonchev–Trinajstić information content (AvgIpc) is 2.85. The van der Waals surface area contributed by atoms with Crippen molar-refractivity contribution in [3.05, 3.63) is 76.7 Å². The van der Waals surface area contributed by atoms with Crippen LogP contribution in [-0.2, 0) is 21.4 Å². The number of methoxy groups -OCH3 is 1. The van der Waals surface area contributed by atoms with Crippen molar-refractivity contribution in [2.75, 3.05) is 25.5 Å². The van der Waals surface area contributed by atoms with Gasteiger partial charge in [0.15, 0.2) is 0 Å². The molecule has 2 unspecified atom stereocenters. The largest absolute Gasteiger partial charge is 0.497 e. The van der Waals surface area contributed by atoms with Crippen LogP contribution in [0.1, 0.15) is 25.0 Å². The molecule has 2 aliphatic heterocycles. The number of benzene rings is 2. The van der Waals surface area contributed by atoms with E-state index < -0.39 is 10.0 Å². The minimum atomic E-state index is -3.65. The fourth-order valence-electron chi connectivity index (χ4n) is 5.15. The molecule has 5 rings (SSSR count). The van der Waals surface area contributed by atoms with E-state index in [1.165, 1.54) is 6.92 Å². The molecule has 3 heterocycles. The van der Waals surface area contributed by atoms with Crippen molar-refractivity contribution in [1.82, 2.24) is 8.87 Å². The van der Waals surface area contributed by atoms with Crippen LogP contribution in [-0.4, -0.2) is 43.4 Å². The SMILES string of the molecule is COc1ccc(S(=O)(=O)N2CC3CC(C2)c2ccc(-c4ccc(NC(C)=O)cc4)c(=O)n2C3)cc1. The zero-order chi connectivity index (χ0) is 24.7. The van der Waals surface area contributed by atoms with Crippen molar-refractivity contribution < 1.29 is 17.9 Å². The molecule has 0 spiro atoms. The molecule has 1 N–H and O–H groups in total. The number of aromatic nitrogens is 1. The number of sulfonamides is 1. The zero-order valence-corrected chi connectivity index (χ0v) is 20.4. The number of ether oxygens (including phenoxy) is 1. The molecule has 8 nitrogen and oxygen atoms in total. The highest BCUT2D eigenvalue weighted by Crippen LogP contribution is 2.38. The van der Waals surface area contributed by atoms with Crippen molar-refractivity contribution in [3.8, 4) is 16.9 Å². The van der Waals surface area contributed by atoms with E-state index in [4.69, 9.17) is 4.74 Å². The summed E-state index contributed by atoms with van der Waals surface area (Å²) in [6.45, 7) is 2.66. The standard InChI is InChI=1S/C26H27N3O5S/c1-17(30)27-21-5-3-19(4-6-21)24-11-12-25-20-13-18(15-29(25)26(24)31)14-28(16-20)35(32,33)23-9-7-22(34-2)8-10-23/h3-12,18,20H,13-16H2,1-2H3,(H,27,30). The molecule has 1 amide bonds. The molecule has 2 atom stereocenters. The molecule has 0 saturated carbocycles. The molecule has 3 aromatic rings. The van der Waals surface area contributed by atoms with Gasteiger partial charge in [0, 0.05) is 49.4 Å². The van der Waals surface area contributed by atoms with Gasteiger partial charge in [0.05, 0.1) is 12.0 Å². The molecular weight excluding hydrogens is 466 g/mol. The Hall–Kier alpha value is -3.43. The number of pyridine rings is 1. The third kappa shape index (κ3) is 4.37. The number of carbonyl (C=O) groups is 1. The monoisotopic (exact) mass is 493 g/mol. The van der Waals surface area contributed by atoms with E-state index in [0.29, 0.717) is 36.6 Å². The van der Waals surface area contributed by atoms with Gasteiger partial charge in [0.1, 0.15) is 5.75 Å². The quantitative estimate of drug-likeness (QED) is 0.588. The number of carbonyl (C=O) groups excluding carboxylic acids is 1. The fourth-order valence-corrected chi connectivity index (χ4v) is 6.71.